The van der Waals surface area contributed by atoms with Crippen molar-refractivity contribution >= 4 is 0 Å². The highest BCUT2D eigenvalue weighted by molar-refractivity contribution is 5.28. The average molecular weight is 174 g/mol. The number of rotatable bonds is 4. The molecular formula is C12H14O. The smallest absolute Gasteiger partial charge is 0.0718 e. The van der Waals surface area contributed by atoms with Gasteiger partial charge in [-0.25, -0.2) is 0 Å². The van der Waals surface area contributed by atoms with Gasteiger partial charge in [-0.2, -0.15) is 0 Å². The molecule has 0 bridgehead atoms. The van der Waals surface area contributed by atoms with Crippen molar-refractivity contribution in [2.45, 2.75) is 12.8 Å². The van der Waals surface area contributed by atoms with E-state index in [1.807, 2.05) is 0 Å². The topological polar surface area (TPSA) is 9.23 Å². The molecule has 0 radical (unpaired) electrons. The first-order valence-electron chi connectivity index (χ1n) is 4.74. The minimum Gasteiger partial charge on any atom is -0.372 e. The predicted octanol–water partition coefficient (Wildman–Crippen LogP) is 2.78. The molecule has 0 spiro atoms. The van der Waals surface area contributed by atoms with E-state index in [0.717, 1.165) is 26.1 Å². The van der Waals surface area contributed by atoms with Crippen LogP contribution in [0.2, 0.25) is 0 Å². The van der Waals surface area contributed by atoms with Crippen LogP contribution in [0.5, 0.6) is 0 Å². The van der Waals surface area contributed by atoms with Crippen LogP contribution >= 0.6 is 0 Å². The minimum atomic E-state index is 0.752. The standard InChI is InChI=1S/C12H14O/c1-2-6-11(5-1)9-13-10-12-7-3-4-8-12/h1,3,5-8H,2,4,9-10H2. The highest BCUT2D eigenvalue weighted by atomic mass is 16.5. The Bertz CT molecular complexity index is 262. The summed E-state index contributed by atoms with van der Waals surface area (Å²) in [5.74, 6) is 0. The zero-order valence-electron chi connectivity index (χ0n) is 7.70. The first kappa shape index (κ1) is 8.52. The zero-order valence-corrected chi connectivity index (χ0v) is 7.70. The minimum absolute atomic E-state index is 0.752. The van der Waals surface area contributed by atoms with E-state index in [2.05, 4.69) is 36.5 Å². The Balaban J connectivity index is 1.69. The lowest BCUT2D eigenvalue weighted by Crippen LogP contribution is -1.98. The normalized spacial score (nSPS) is 19.4. The van der Waals surface area contributed by atoms with E-state index >= 15 is 0 Å². The van der Waals surface area contributed by atoms with Gasteiger partial charge in [0.25, 0.3) is 0 Å². The van der Waals surface area contributed by atoms with E-state index in [1.165, 1.54) is 11.1 Å². The van der Waals surface area contributed by atoms with Crippen LogP contribution in [0.25, 0.3) is 0 Å². The summed E-state index contributed by atoms with van der Waals surface area (Å²) < 4.78 is 5.56. The van der Waals surface area contributed by atoms with Gasteiger partial charge >= 0.3 is 0 Å². The summed E-state index contributed by atoms with van der Waals surface area (Å²) in [5, 5.41) is 0. The van der Waals surface area contributed by atoms with Gasteiger partial charge in [-0.1, -0.05) is 36.5 Å². The molecule has 0 fully saturated rings. The van der Waals surface area contributed by atoms with Crippen molar-refractivity contribution in [3.8, 4) is 0 Å². The molecule has 0 unspecified atom stereocenters. The van der Waals surface area contributed by atoms with Crippen molar-refractivity contribution in [1.29, 1.82) is 0 Å². The molecule has 0 N–H and O–H groups in total. The first-order chi connectivity index (χ1) is 6.45. The largest absolute Gasteiger partial charge is 0.372 e. The number of ether oxygens (including phenoxy) is 1. The Kier molecular flexibility index (Phi) is 2.78. The lowest BCUT2D eigenvalue weighted by atomic mass is 10.3. The molecule has 2 aliphatic carbocycles. The van der Waals surface area contributed by atoms with Gasteiger partial charge in [-0.15, -0.1) is 0 Å². The fraction of sp³-hybridized carbons (Fsp3) is 0.333. The number of allylic oxidation sites excluding steroid dienone is 4. The van der Waals surface area contributed by atoms with Gasteiger partial charge in [0.1, 0.15) is 0 Å². The molecule has 0 aromatic rings. The summed E-state index contributed by atoms with van der Waals surface area (Å²) in [6.07, 6.45) is 15.2. The van der Waals surface area contributed by atoms with Gasteiger partial charge in [0.2, 0.25) is 0 Å². The van der Waals surface area contributed by atoms with Crippen LogP contribution in [0.15, 0.2) is 47.6 Å². The maximum Gasteiger partial charge on any atom is 0.0718 e. The zero-order chi connectivity index (χ0) is 8.93. The molecular weight excluding hydrogens is 160 g/mol. The Labute approximate surface area is 79.1 Å². The van der Waals surface area contributed by atoms with Crippen molar-refractivity contribution in [3.05, 3.63) is 47.6 Å². The van der Waals surface area contributed by atoms with Gasteiger partial charge in [0.05, 0.1) is 13.2 Å². The second kappa shape index (κ2) is 4.24. The molecule has 0 aliphatic heterocycles. The molecule has 1 heteroatoms. The van der Waals surface area contributed by atoms with Gasteiger partial charge in [0.15, 0.2) is 0 Å². The van der Waals surface area contributed by atoms with Crippen LogP contribution in [-0.2, 0) is 4.74 Å². The highest BCUT2D eigenvalue weighted by Gasteiger charge is 2.00. The molecule has 68 valence electrons. The monoisotopic (exact) mass is 174 g/mol. The maximum atomic E-state index is 5.56. The van der Waals surface area contributed by atoms with Gasteiger partial charge in [-0.05, 0) is 24.0 Å². The Morgan fingerprint density at radius 2 is 1.46 bits per heavy atom. The van der Waals surface area contributed by atoms with Crippen LogP contribution in [0, 0.1) is 0 Å². The summed E-state index contributed by atoms with van der Waals surface area (Å²) in [6.45, 7) is 1.50. The second-order valence-electron chi connectivity index (χ2n) is 3.33. The predicted molar refractivity (Wildman–Crippen MR) is 54.5 cm³/mol. The molecule has 0 saturated carbocycles. The molecule has 1 nitrogen and oxygen atoms in total. The van der Waals surface area contributed by atoms with Crippen molar-refractivity contribution in [2.75, 3.05) is 13.2 Å². The molecule has 2 rings (SSSR count). The van der Waals surface area contributed by atoms with Crippen LogP contribution in [0.3, 0.4) is 0 Å². The Morgan fingerprint density at radius 1 is 0.923 bits per heavy atom. The van der Waals surface area contributed by atoms with Gasteiger partial charge in [-0.3, -0.25) is 0 Å². The molecule has 0 saturated heterocycles. The molecule has 0 heterocycles. The van der Waals surface area contributed by atoms with Crippen LogP contribution in [-0.4, -0.2) is 13.2 Å². The SMILES string of the molecule is C1=CC(COCC2=CCC=C2)=CC1. The van der Waals surface area contributed by atoms with E-state index in [-0.39, 0.29) is 0 Å². The van der Waals surface area contributed by atoms with E-state index in [1.54, 1.807) is 0 Å². The molecule has 13 heavy (non-hydrogen) atoms. The van der Waals surface area contributed by atoms with Crippen molar-refractivity contribution in [1.82, 2.24) is 0 Å². The maximum absolute atomic E-state index is 5.56. The van der Waals surface area contributed by atoms with Crippen molar-refractivity contribution in [3.63, 3.8) is 0 Å². The van der Waals surface area contributed by atoms with E-state index < -0.39 is 0 Å². The molecule has 0 aromatic carbocycles. The van der Waals surface area contributed by atoms with Crippen molar-refractivity contribution < 1.29 is 4.74 Å². The third-order valence-corrected chi connectivity index (χ3v) is 2.23. The van der Waals surface area contributed by atoms with Crippen LogP contribution in [0.1, 0.15) is 12.8 Å². The Hall–Kier alpha value is -1.08. The summed E-state index contributed by atoms with van der Waals surface area (Å²) in [5.41, 5.74) is 2.62. The lowest BCUT2D eigenvalue weighted by molar-refractivity contribution is 0.184. The van der Waals surface area contributed by atoms with E-state index in [9.17, 15) is 0 Å². The molecule has 2 aliphatic rings. The summed E-state index contributed by atoms with van der Waals surface area (Å²) in [7, 11) is 0. The van der Waals surface area contributed by atoms with E-state index in [0.29, 0.717) is 0 Å². The summed E-state index contributed by atoms with van der Waals surface area (Å²) >= 11 is 0. The quantitative estimate of drug-likeness (QED) is 0.636. The third-order valence-electron chi connectivity index (χ3n) is 2.23. The third kappa shape index (κ3) is 2.43. The molecule has 0 atom stereocenters. The summed E-state index contributed by atoms with van der Waals surface area (Å²) in [4.78, 5) is 0. The summed E-state index contributed by atoms with van der Waals surface area (Å²) in [6, 6.07) is 0. The fourth-order valence-corrected chi connectivity index (χ4v) is 1.51. The van der Waals surface area contributed by atoms with Crippen molar-refractivity contribution in [2.24, 2.45) is 0 Å². The highest BCUT2D eigenvalue weighted by Crippen LogP contribution is 2.12. The lowest BCUT2D eigenvalue weighted by Gasteiger charge is -2.02. The molecule has 0 aromatic heterocycles. The van der Waals surface area contributed by atoms with E-state index in [4.69, 9.17) is 4.74 Å². The van der Waals surface area contributed by atoms with Gasteiger partial charge in [0, 0.05) is 0 Å². The Morgan fingerprint density at radius 3 is 1.85 bits per heavy atom. The van der Waals surface area contributed by atoms with Gasteiger partial charge < -0.3 is 4.74 Å². The molecule has 0 amide bonds. The number of hydrogen-bond donors (Lipinski definition) is 0. The van der Waals surface area contributed by atoms with Crippen LogP contribution in [0.4, 0.5) is 0 Å². The second-order valence-corrected chi connectivity index (χ2v) is 3.33. The average Bonchev–Trinajstić information content (AvgIpc) is 2.75. The fourth-order valence-electron chi connectivity index (χ4n) is 1.51. The first-order valence-corrected chi connectivity index (χ1v) is 4.74. The van der Waals surface area contributed by atoms with Crippen LogP contribution < -0.4 is 0 Å². The number of hydrogen-bond acceptors (Lipinski definition) is 1.